The zero-order valence-corrected chi connectivity index (χ0v) is 18.1. The minimum absolute atomic E-state index is 0. The van der Waals surface area contributed by atoms with Crippen molar-refractivity contribution in [1.29, 1.82) is 0 Å². The summed E-state index contributed by atoms with van der Waals surface area (Å²) >= 11 is 0. The first-order valence-corrected chi connectivity index (χ1v) is 8.70. The van der Waals surface area contributed by atoms with Crippen LogP contribution in [0.5, 0.6) is 0 Å². The van der Waals surface area contributed by atoms with E-state index in [9.17, 15) is 13.2 Å². The van der Waals surface area contributed by atoms with Crippen molar-refractivity contribution in [3.05, 3.63) is 83.8 Å². The second-order valence-corrected chi connectivity index (χ2v) is 6.88. The minimum atomic E-state index is -0.982. The average molecular weight is 588 g/mol. The normalized spacial score (nSPS) is 11.2. The molecule has 0 fully saturated rings. The number of hydrogen-bond acceptors (Lipinski definition) is 4. The largest absolute Gasteiger partial charge is 2.00 e. The SMILES string of the molecule is CC(C)(c1cccc(-c2cc(F)n[n-]2)n1)c1cccc(-c2[c-]cc(F)nc2F)n1.[Pt+2]. The summed E-state index contributed by atoms with van der Waals surface area (Å²) in [7, 11) is 0. The van der Waals surface area contributed by atoms with Gasteiger partial charge in [0.25, 0.3) is 0 Å². The molecule has 0 amide bonds. The maximum absolute atomic E-state index is 14.1. The van der Waals surface area contributed by atoms with Crippen LogP contribution in [0.1, 0.15) is 25.2 Å². The molecule has 0 spiro atoms. The van der Waals surface area contributed by atoms with Crippen molar-refractivity contribution in [2.75, 3.05) is 0 Å². The van der Waals surface area contributed by atoms with Gasteiger partial charge in [-0.15, -0.1) is 6.07 Å². The third-order valence-electron chi connectivity index (χ3n) is 4.55. The maximum Gasteiger partial charge on any atom is 2.00 e. The van der Waals surface area contributed by atoms with Crippen LogP contribution in [0.2, 0.25) is 0 Å². The molecule has 30 heavy (non-hydrogen) atoms. The summed E-state index contributed by atoms with van der Waals surface area (Å²) in [6, 6.07) is 15.1. The number of halogens is 3. The number of rotatable bonds is 4. The summed E-state index contributed by atoms with van der Waals surface area (Å²) in [6.07, 6.45) is 0. The molecule has 4 aromatic heterocycles. The van der Waals surface area contributed by atoms with Crippen molar-refractivity contribution in [2.24, 2.45) is 0 Å². The molecule has 4 heterocycles. The van der Waals surface area contributed by atoms with E-state index in [1.807, 2.05) is 19.9 Å². The molecule has 154 valence electrons. The fourth-order valence-corrected chi connectivity index (χ4v) is 2.93. The van der Waals surface area contributed by atoms with Gasteiger partial charge in [-0.3, -0.25) is 9.97 Å². The van der Waals surface area contributed by atoms with Gasteiger partial charge in [-0.25, -0.2) is 8.78 Å². The van der Waals surface area contributed by atoms with Crippen LogP contribution in [0.25, 0.3) is 22.6 Å². The number of hydrogen-bond donors (Lipinski definition) is 0. The Kier molecular flexibility index (Phi) is 6.17. The number of nitrogens with zero attached hydrogens (tertiary/aromatic N) is 5. The zero-order valence-electron chi connectivity index (χ0n) is 15.8. The summed E-state index contributed by atoms with van der Waals surface area (Å²) in [6.45, 7) is 3.82. The Balaban J connectivity index is 0.00000256. The Morgan fingerprint density at radius 1 is 0.867 bits per heavy atom. The van der Waals surface area contributed by atoms with Crippen molar-refractivity contribution < 1.29 is 34.2 Å². The van der Waals surface area contributed by atoms with E-state index in [1.165, 1.54) is 6.07 Å². The molecule has 0 saturated carbocycles. The third-order valence-corrected chi connectivity index (χ3v) is 4.55. The Bertz CT molecular complexity index is 1190. The Morgan fingerprint density at radius 3 is 2.10 bits per heavy atom. The molecule has 0 aliphatic carbocycles. The van der Waals surface area contributed by atoms with Crippen molar-refractivity contribution in [1.82, 2.24) is 25.1 Å². The Hall–Kier alpha value is -2.86. The van der Waals surface area contributed by atoms with Crippen LogP contribution in [0.4, 0.5) is 13.2 Å². The van der Waals surface area contributed by atoms with E-state index in [0.717, 1.165) is 6.07 Å². The van der Waals surface area contributed by atoms with E-state index in [-0.39, 0.29) is 32.3 Å². The molecule has 0 unspecified atom stereocenters. The minimum Gasteiger partial charge on any atom is -0.571 e. The molecule has 0 N–H and O–H groups in total. The predicted molar refractivity (Wildman–Crippen MR) is 99.1 cm³/mol. The first kappa shape index (κ1) is 21.8. The molecule has 4 aromatic rings. The van der Waals surface area contributed by atoms with Crippen molar-refractivity contribution in [3.8, 4) is 22.6 Å². The summed E-state index contributed by atoms with van der Waals surface area (Å²) < 4.78 is 40.3. The van der Waals surface area contributed by atoms with Crippen molar-refractivity contribution in [2.45, 2.75) is 19.3 Å². The van der Waals surface area contributed by atoms with Gasteiger partial charge >= 0.3 is 21.1 Å². The molecule has 0 bridgehead atoms. The second kappa shape index (κ2) is 8.48. The van der Waals surface area contributed by atoms with Crippen LogP contribution < -0.4 is 5.10 Å². The van der Waals surface area contributed by atoms with Crippen LogP contribution >= 0.6 is 0 Å². The van der Waals surface area contributed by atoms with Gasteiger partial charge in [-0.05, 0) is 43.8 Å². The molecule has 0 aromatic carbocycles. The van der Waals surface area contributed by atoms with Crippen LogP contribution in [-0.2, 0) is 26.5 Å². The molecule has 4 rings (SSSR count). The molecule has 0 radical (unpaired) electrons. The third kappa shape index (κ3) is 4.19. The molecule has 5 nitrogen and oxygen atoms in total. The van der Waals surface area contributed by atoms with Crippen LogP contribution in [0, 0.1) is 23.9 Å². The van der Waals surface area contributed by atoms with Gasteiger partial charge in [0.2, 0.25) is 0 Å². The van der Waals surface area contributed by atoms with Crippen molar-refractivity contribution in [3.63, 3.8) is 0 Å². The summed E-state index contributed by atoms with van der Waals surface area (Å²) in [5.74, 6) is -2.60. The van der Waals surface area contributed by atoms with E-state index in [1.54, 1.807) is 30.3 Å². The summed E-state index contributed by atoms with van der Waals surface area (Å²) in [4.78, 5) is 12.3. The van der Waals surface area contributed by atoms with Gasteiger partial charge in [0.15, 0.2) is 5.95 Å². The molecular formula is C21H14F3N5Pt. The van der Waals surface area contributed by atoms with Gasteiger partial charge < -0.3 is 15.2 Å². The maximum atomic E-state index is 14.1. The fourth-order valence-electron chi connectivity index (χ4n) is 2.93. The predicted octanol–water partition coefficient (Wildman–Crippen LogP) is 4.10. The topological polar surface area (TPSA) is 65.7 Å². The Labute approximate surface area is 185 Å². The quantitative estimate of drug-likeness (QED) is 0.266. The smallest absolute Gasteiger partial charge is 0.571 e. The summed E-state index contributed by atoms with van der Waals surface area (Å²) in [5, 5.41) is 7.13. The molecule has 0 aliphatic heterocycles. The van der Waals surface area contributed by atoms with Gasteiger partial charge in [-0.2, -0.15) is 4.39 Å². The molecule has 0 aliphatic rings. The van der Waals surface area contributed by atoms with Crippen LogP contribution in [0.15, 0.2) is 48.5 Å². The number of aromatic nitrogens is 5. The average Bonchev–Trinajstić information content (AvgIpc) is 3.14. The Morgan fingerprint density at radius 2 is 1.50 bits per heavy atom. The van der Waals surface area contributed by atoms with Gasteiger partial charge in [-0.1, -0.05) is 35.5 Å². The van der Waals surface area contributed by atoms with E-state index in [2.05, 4.69) is 31.2 Å². The van der Waals surface area contributed by atoms with Gasteiger partial charge in [0, 0.05) is 16.8 Å². The van der Waals surface area contributed by atoms with E-state index in [4.69, 9.17) is 0 Å². The molecular weight excluding hydrogens is 574 g/mol. The van der Waals surface area contributed by atoms with Gasteiger partial charge in [0.1, 0.15) is 11.9 Å². The first-order valence-electron chi connectivity index (χ1n) is 8.70. The zero-order chi connectivity index (χ0) is 20.6. The van der Waals surface area contributed by atoms with Crippen LogP contribution in [0.3, 0.4) is 0 Å². The monoisotopic (exact) mass is 588 g/mol. The van der Waals surface area contributed by atoms with Gasteiger partial charge in [0.05, 0.1) is 5.69 Å². The van der Waals surface area contributed by atoms with Crippen molar-refractivity contribution >= 4 is 0 Å². The standard InChI is InChI=1S/C21H14F3N5.Pt/c1-21(2,17-8-4-6-14(26-17)15-11-19(23)29-28-15)16-7-3-5-13(25-16)12-9-10-18(22)27-20(12)24;/h3-8,10-11H,1-2H3;/q-2;+2. The molecule has 0 saturated heterocycles. The molecule has 0 atom stereocenters. The van der Waals surface area contributed by atoms with E-state index >= 15 is 0 Å². The molecule has 9 heteroatoms. The van der Waals surface area contributed by atoms with Crippen LogP contribution in [-0.4, -0.2) is 20.1 Å². The number of pyridine rings is 3. The second-order valence-electron chi connectivity index (χ2n) is 6.88. The van der Waals surface area contributed by atoms with E-state index < -0.39 is 23.3 Å². The summed E-state index contributed by atoms with van der Waals surface area (Å²) in [5.41, 5.74) is 1.66. The fraction of sp³-hybridized carbons (Fsp3) is 0.143. The first-order chi connectivity index (χ1) is 13.8. The van der Waals surface area contributed by atoms with E-state index in [0.29, 0.717) is 22.8 Å².